The molecule has 0 amide bonds. The number of benzene rings is 1. The topological polar surface area (TPSA) is 43.1 Å². The molecule has 0 saturated carbocycles. The number of nitrogens with zero attached hydrogens (tertiary/aromatic N) is 1. The van der Waals surface area contributed by atoms with Gasteiger partial charge in [0, 0.05) is 0 Å². The zero-order valence-electron chi connectivity index (χ0n) is 13.8. The third-order valence-electron chi connectivity index (χ3n) is 3.81. The molecule has 0 N–H and O–H groups in total. The molecule has 0 aliphatic carbocycles. The zero-order valence-corrected chi connectivity index (χ0v) is 15.5. The first-order valence-electron chi connectivity index (χ1n) is 8.61. The number of nitro benzene ring substituents is 1. The van der Waals surface area contributed by atoms with Crippen molar-refractivity contribution in [3.8, 4) is 0 Å². The average molecular weight is 370 g/mol. The second kappa shape index (κ2) is 12.7. The molecule has 0 fully saturated rings. The summed E-state index contributed by atoms with van der Waals surface area (Å²) in [6, 6.07) is 7.06. The maximum atomic E-state index is 10.6. The Kier molecular flexibility index (Phi) is 11.0. The van der Waals surface area contributed by atoms with Crippen LogP contribution in [0.5, 0.6) is 0 Å². The van der Waals surface area contributed by atoms with Crippen molar-refractivity contribution in [1.29, 1.82) is 0 Å². The standard InChI is InChI=1S/C18H29NO2Se/c1-2-3-4-5-6-7-8-9-10-11-16-22-18-14-12-17(13-15-18)19(20)21/h12-15H,2-11,16H2,1H3. The van der Waals surface area contributed by atoms with Crippen LogP contribution >= 0.6 is 0 Å². The summed E-state index contributed by atoms with van der Waals surface area (Å²) >= 11 is 0.468. The Balaban J connectivity index is 1.94. The van der Waals surface area contributed by atoms with Gasteiger partial charge < -0.3 is 0 Å². The van der Waals surface area contributed by atoms with Gasteiger partial charge in [-0.1, -0.05) is 0 Å². The first-order valence-corrected chi connectivity index (χ1v) is 10.7. The van der Waals surface area contributed by atoms with E-state index in [1.807, 2.05) is 12.1 Å². The molecule has 0 saturated heterocycles. The first-order chi connectivity index (χ1) is 10.7. The minimum absolute atomic E-state index is 0.193. The van der Waals surface area contributed by atoms with Gasteiger partial charge in [0.05, 0.1) is 0 Å². The van der Waals surface area contributed by atoms with Gasteiger partial charge in [-0.3, -0.25) is 0 Å². The van der Waals surface area contributed by atoms with E-state index in [4.69, 9.17) is 0 Å². The molecular weight excluding hydrogens is 341 g/mol. The van der Waals surface area contributed by atoms with E-state index in [2.05, 4.69) is 6.92 Å². The molecule has 124 valence electrons. The van der Waals surface area contributed by atoms with E-state index < -0.39 is 0 Å². The summed E-state index contributed by atoms with van der Waals surface area (Å²) in [5, 5.41) is 11.8. The van der Waals surface area contributed by atoms with Crippen molar-refractivity contribution in [1.82, 2.24) is 0 Å². The average Bonchev–Trinajstić information content (AvgIpc) is 2.53. The molecule has 0 heterocycles. The number of unbranched alkanes of at least 4 members (excludes halogenated alkanes) is 9. The van der Waals surface area contributed by atoms with Crippen molar-refractivity contribution in [2.24, 2.45) is 0 Å². The summed E-state index contributed by atoms with van der Waals surface area (Å²) in [5.41, 5.74) is 0.193. The molecular formula is C18H29NO2Se. The summed E-state index contributed by atoms with van der Waals surface area (Å²) in [6.07, 6.45) is 13.7. The van der Waals surface area contributed by atoms with Gasteiger partial charge in [0.1, 0.15) is 0 Å². The predicted molar refractivity (Wildman–Crippen MR) is 95.1 cm³/mol. The summed E-state index contributed by atoms with van der Waals surface area (Å²) in [6.45, 7) is 2.26. The minimum atomic E-state index is -0.334. The molecule has 3 nitrogen and oxygen atoms in total. The van der Waals surface area contributed by atoms with Gasteiger partial charge in [0.15, 0.2) is 0 Å². The summed E-state index contributed by atoms with van der Waals surface area (Å²) < 4.78 is 1.27. The number of nitro groups is 1. The van der Waals surface area contributed by atoms with Crippen LogP contribution in [0.25, 0.3) is 0 Å². The fraction of sp³-hybridized carbons (Fsp3) is 0.667. The molecule has 0 atom stereocenters. The maximum absolute atomic E-state index is 10.6. The Labute approximate surface area is 141 Å². The molecule has 1 aromatic carbocycles. The van der Waals surface area contributed by atoms with Crippen LogP contribution in [0.2, 0.25) is 5.32 Å². The molecule has 0 radical (unpaired) electrons. The van der Waals surface area contributed by atoms with Crippen molar-refractivity contribution in [2.75, 3.05) is 0 Å². The normalized spacial score (nSPS) is 10.8. The van der Waals surface area contributed by atoms with Gasteiger partial charge in [-0.25, -0.2) is 0 Å². The van der Waals surface area contributed by atoms with Crippen molar-refractivity contribution in [3.05, 3.63) is 34.4 Å². The van der Waals surface area contributed by atoms with Gasteiger partial charge in [0.2, 0.25) is 0 Å². The third kappa shape index (κ3) is 9.22. The number of hydrogen-bond acceptors (Lipinski definition) is 2. The van der Waals surface area contributed by atoms with E-state index in [9.17, 15) is 10.1 Å². The van der Waals surface area contributed by atoms with Crippen LogP contribution < -0.4 is 4.46 Å². The molecule has 0 aliphatic rings. The van der Waals surface area contributed by atoms with E-state index in [1.165, 1.54) is 74.0 Å². The number of rotatable bonds is 13. The molecule has 0 unspecified atom stereocenters. The van der Waals surface area contributed by atoms with Crippen molar-refractivity contribution in [2.45, 2.75) is 76.5 Å². The fourth-order valence-electron chi connectivity index (χ4n) is 2.44. The molecule has 0 aliphatic heterocycles. The van der Waals surface area contributed by atoms with E-state index in [-0.39, 0.29) is 10.6 Å². The van der Waals surface area contributed by atoms with Crippen molar-refractivity contribution < 1.29 is 4.92 Å². The molecule has 1 rings (SSSR count). The Morgan fingerprint density at radius 3 is 1.86 bits per heavy atom. The van der Waals surface area contributed by atoms with Gasteiger partial charge in [-0.15, -0.1) is 0 Å². The SMILES string of the molecule is CCCCCCCCCCCC[Se]c1ccc([N+](=O)[O-])cc1. The van der Waals surface area contributed by atoms with E-state index in [1.54, 1.807) is 12.1 Å². The number of hydrogen-bond donors (Lipinski definition) is 0. The van der Waals surface area contributed by atoms with Crippen LogP contribution in [0.15, 0.2) is 24.3 Å². The van der Waals surface area contributed by atoms with E-state index in [0.29, 0.717) is 15.0 Å². The monoisotopic (exact) mass is 371 g/mol. The molecule has 0 bridgehead atoms. The van der Waals surface area contributed by atoms with E-state index >= 15 is 0 Å². The Morgan fingerprint density at radius 1 is 0.864 bits per heavy atom. The number of non-ortho nitro benzene ring substituents is 1. The van der Waals surface area contributed by atoms with Crippen LogP contribution in [-0.2, 0) is 0 Å². The summed E-state index contributed by atoms with van der Waals surface area (Å²) in [5.74, 6) is 0. The van der Waals surface area contributed by atoms with Gasteiger partial charge in [-0.05, 0) is 0 Å². The first kappa shape index (κ1) is 19.2. The van der Waals surface area contributed by atoms with Crippen LogP contribution in [0, 0.1) is 10.1 Å². The molecule has 22 heavy (non-hydrogen) atoms. The van der Waals surface area contributed by atoms with Gasteiger partial charge in [-0.2, -0.15) is 0 Å². The third-order valence-corrected chi connectivity index (χ3v) is 6.12. The Hall–Kier alpha value is -0.861. The fourth-order valence-corrected chi connectivity index (χ4v) is 4.36. The van der Waals surface area contributed by atoms with Crippen LogP contribution in [0.1, 0.15) is 71.1 Å². The van der Waals surface area contributed by atoms with Crippen LogP contribution in [0.3, 0.4) is 0 Å². The molecule has 1 aromatic rings. The summed E-state index contributed by atoms with van der Waals surface area (Å²) in [4.78, 5) is 10.2. The molecule has 0 spiro atoms. The second-order valence-corrected chi connectivity index (χ2v) is 8.23. The van der Waals surface area contributed by atoms with Gasteiger partial charge in [0.25, 0.3) is 0 Å². The quantitative estimate of drug-likeness (QED) is 0.206. The molecule has 0 aromatic heterocycles. The Bertz CT molecular complexity index is 406. The van der Waals surface area contributed by atoms with Crippen LogP contribution in [0.4, 0.5) is 5.69 Å². The second-order valence-electron chi connectivity index (χ2n) is 5.78. The summed E-state index contributed by atoms with van der Waals surface area (Å²) in [7, 11) is 0. The molecule has 4 heteroatoms. The van der Waals surface area contributed by atoms with Gasteiger partial charge >= 0.3 is 141 Å². The van der Waals surface area contributed by atoms with Crippen LogP contribution in [-0.4, -0.2) is 19.9 Å². The van der Waals surface area contributed by atoms with E-state index in [0.717, 1.165) is 0 Å². The van der Waals surface area contributed by atoms with Crippen molar-refractivity contribution in [3.63, 3.8) is 0 Å². The zero-order chi connectivity index (χ0) is 16.0. The Morgan fingerprint density at radius 2 is 1.36 bits per heavy atom. The van der Waals surface area contributed by atoms with Crippen molar-refractivity contribution >= 4 is 25.1 Å². The predicted octanol–water partition coefficient (Wildman–Crippen LogP) is 5.26.